The van der Waals surface area contributed by atoms with Gasteiger partial charge >= 0.3 is 0 Å². The zero-order valence-corrected chi connectivity index (χ0v) is 15.4. The van der Waals surface area contributed by atoms with Crippen LogP contribution in [0, 0.1) is 10.1 Å². The van der Waals surface area contributed by atoms with Gasteiger partial charge in [-0.1, -0.05) is 18.2 Å². The van der Waals surface area contributed by atoms with Gasteiger partial charge in [0.15, 0.2) is 0 Å². The molecule has 132 valence electrons. The summed E-state index contributed by atoms with van der Waals surface area (Å²) in [6.45, 7) is 1.86. The number of benzene rings is 2. The fraction of sp³-hybridized carbons (Fsp3) is 0.278. The summed E-state index contributed by atoms with van der Waals surface area (Å²) >= 11 is 1.43. The Kier molecular flexibility index (Phi) is 6.03. The smallest absolute Gasteiger partial charge is 0.282 e. The van der Waals surface area contributed by atoms with E-state index in [1.807, 2.05) is 37.4 Å². The molecule has 0 spiro atoms. The summed E-state index contributed by atoms with van der Waals surface area (Å²) in [4.78, 5) is 26.0. The van der Waals surface area contributed by atoms with Gasteiger partial charge in [0.2, 0.25) is 0 Å². The summed E-state index contributed by atoms with van der Waals surface area (Å²) in [5.41, 5.74) is 0.729. The number of carbonyl (C=O) groups excluding carboxylic acids is 1. The number of carbonyl (C=O) groups is 1. The average Bonchev–Trinajstić information content (AvgIpc) is 2.65. The van der Waals surface area contributed by atoms with Gasteiger partial charge in [-0.25, -0.2) is 0 Å². The third kappa shape index (κ3) is 3.93. The molecule has 2 aromatic carbocycles. The van der Waals surface area contributed by atoms with Gasteiger partial charge in [0.05, 0.1) is 18.1 Å². The van der Waals surface area contributed by atoms with Crippen LogP contribution < -0.4 is 4.74 Å². The SMILES string of the molecule is COc1ccccc1C(C)N(C)C(=O)c1cc(SC)ccc1[N+](=O)[O-]. The molecule has 1 atom stereocenters. The molecule has 25 heavy (non-hydrogen) atoms. The molecule has 0 aliphatic carbocycles. The Hall–Kier alpha value is -2.54. The highest BCUT2D eigenvalue weighted by Gasteiger charge is 2.27. The average molecular weight is 360 g/mol. The van der Waals surface area contributed by atoms with Crippen molar-refractivity contribution < 1.29 is 14.5 Å². The van der Waals surface area contributed by atoms with Crippen molar-refractivity contribution in [2.45, 2.75) is 17.9 Å². The van der Waals surface area contributed by atoms with Crippen LogP contribution in [-0.4, -0.2) is 36.1 Å². The van der Waals surface area contributed by atoms with Crippen LogP contribution in [0.25, 0.3) is 0 Å². The molecule has 0 saturated heterocycles. The lowest BCUT2D eigenvalue weighted by Crippen LogP contribution is -2.30. The lowest BCUT2D eigenvalue weighted by atomic mass is 10.0. The maximum atomic E-state index is 12.9. The van der Waals surface area contributed by atoms with Crippen molar-refractivity contribution in [3.8, 4) is 5.75 Å². The molecule has 0 radical (unpaired) electrons. The normalized spacial score (nSPS) is 11.7. The minimum Gasteiger partial charge on any atom is -0.496 e. The number of amides is 1. The van der Waals surface area contributed by atoms with Crippen LogP contribution in [-0.2, 0) is 0 Å². The quantitative estimate of drug-likeness (QED) is 0.439. The molecule has 2 aromatic rings. The number of nitro benzene ring substituents is 1. The van der Waals surface area contributed by atoms with E-state index in [4.69, 9.17) is 4.74 Å². The van der Waals surface area contributed by atoms with Crippen molar-refractivity contribution in [2.75, 3.05) is 20.4 Å². The van der Waals surface area contributed by atoms with Crippen molar-refractivity contribution in [2.24, 2.45) is 0 Å². The van der Waals surface area contributed by atoms with E-state index in [1.54, 1.807) is 26.3 Å². The summed E-state index contributed by atoms with van der Waals surface area (Å²) in [7, 11) is 3.20. The molecular weight excluding hydrogens is 340 g/mol. The Bertz CT molecular complexity index is 794. The second-order valence-electron chi connectivity index (χ2n) is 5.47. The number of para-hydroxylation sites is 1. The van der Waals surface area contributed by atoms with Crippen molar-refractivity contribution in [1.29, 1.82) is 0 Å². The predicted octanol–water partition coefficient (Wildman–Crippen LogP) is 4.16. The maximum absolute atomic E-state index is 12.9. The Morgan fingerprint density at radius 2 is 1.96 bits per heavy atom. The molecule has 0 bridgehead atoms. The van der Waals surface area contributed by atoms with E-state index in [9.17, 15) is 14.9 Å². The summed E-state index contributed by atoms with van der Waals surface area (Å²) < 4.78 is 5.35. The first-order valence-corrected chi connectivity index (χ1v) is 8.85. The van der Waals surface area contributed by atoms with Gasteiger partial charge in [-0.3, -0.25) is 14.9 Å². The lowest BCUT2D eigenvalue weighted by molar-refractivity contribution is -0.385. The number of rotatable bonds is 6. The van der Waals surface area contributed by atoms with Crippen molar-refractivity contribution >= 4 is 23.4 Å². The summed E-state index contributed by atoms with van der Waals surface area (Å²) in [5, 5.41) is 11.3. The Morgan fingerprint density at radius 1 is 1.28 bits per heavy atom. The highest BCUT2D eigenvalue weighted by Crippen LogP contribution is 2.31. The monoisotopic (exact) mass is 360 g/mol. The van der Waals surface area contributed by atoms with E-state index in [0.29, 0.717) is 5.75 Å². The topological polar surface area (TPSA) is 72.7 Å². The fourth-order valence-electron chi connectivity index (χ4n) is 2.56. The van der Waals surface area contributed by atoms with Gasteiger partial charge in [-0.2, -0.15) is 0 Å². The maximum Gasteiger partial charge on any atom is 0.282 e. The summed E-state index contributed by atoms with van der Waals surface area (Å²) in [6, 6.07) is 11.7. The van der Waals surface area contributed by atoms with Crippen molar-refractivity contribution in [3.63, 3.8) is 0 Å². The van der Waals surface area contributed by atoms with E-state index in [2.05, 4.69) is 0 Å². The molecule has 0 aliphatic heterocycles. The molecular formula is C18H20N2O4S. The number of nitro groups is 1. The molecule has 7 heteroatoms. The van der Waals surface area contributed by atoms with E-state index < -0.39 is 10.8 Å². The van der Waals surface area contributed by atoms with Gasteiger partial charge in [-0.05, 0) is 31.4 Å². The Morgan fingerprint density at radius 3 is 2.56 bits per heavy atom. The van der Waals surface area contributed by atoms with Crippen LogP contribution in [0.3, 0.4) is 0 Å². The van der Waals surface area contributed by atoms with E-state index in [-0.39, 0.29) is 17.3 Å². The number of nitrogens with zero attached hydrogens (tertiary/aromatic N) is 2. The van der Waals surface area contributed by atoms with E-state index in [0.717, 1.165) is 10.5 Å². The van der Waals surface area contributed by atoms with E-state index in [1.165, 1.54) is 22.7 Å². The molecule has 2 rings (SSSR count). The molecule has 0 aromatic heterocycles. The van der Waals surface area contributed by atoms with Gasteiger partial charge in [0, 0.05) is 23.6 Å². The zero-order chi connectivity index (χ0) is 18.6. The number of hydrogen-bond donors (Lipinski definition) is 0. The molecule has 0 heterocycles. The predicted molar refractivity (Wildman–Crippen MR) is 98.4 cm³/mol. The summed E-state index contributed by atoms with van der Waals surface area (Å²) in [5.74, 6) is 0.267. The number of ether oxygens (including phenoxy) is 1. The van der Waals surface area contributed by atoms with Crippen molar-refractivity contribution in [1.82, 2.24) is 4.90 Å². The van der Waals surface area contributed by atoms with E-state index >= 15 is 0 Å². The minimum atomic E-state index is -0.529. The van der Waals surface area contributed by atoms with Crippen LogP contribution >= 0.6 is 11.8 Å². The first-order valence-electron chi connectivity index (χ1n) is 7.63. The lowest BCUT2D eigenvalue weighted by Gasteiger charge is -2.26. The number of hydrogen-bond acceptors (Lipinski definition) is 5. The van der Waals surface area contributed by atoms with Crippen LogP contribution in [0.4, 0.5) is 5.69 Å². The molecule has 6 nitrogen and oxygen atoms in total. The third-order valence-corrected chi connectivity index (χ3v) is 4.85. The number of thioether (sulfide) groups is 1. The van der Waals surface area contributed by atoms with Gasteiger partial charge < -0.3 is 9.64 Å². The molecule has 0 fully saturated rings. The largest absolute Gasteiger partial charge is 0.496 e. The second kappa shape index (κ2) is 8.02. The van der Waals surface area contributed by atoms with Crippen LogP contribution in [0.1, 0.15) is 28.9 Å². The highest BCUT2D eigenvalue weighted by atomic mass is 32.2. The van der Waals surface area contributed by atoms with Crippen molar-refractivity contribution in [3.05, 3.63) is 63.7 Å². The van der Waals surface area contributed by atoms with Gasteiger partial charge in [0.25, 0.3) is 11.6 Å². The first-order chi connectivity index (χ1) is 11.9. The molecule has 0 aliphatic rings. The van der Waals surface area contributed by atoms with Crippen LogP contribution in [0.2, 0.25) is 0 Å². The molecule has 1 unspecified atom stereocenters. The Labute approximate surface area is 150 Å². The number of methoxy groups -OCH3 is 1. The van der Waals surface area contributed by atoms with Crippen LogP contribution in [0.15, 0.2) is 47.4 Å². The minimum absolute atomic E-state index is 0.0843. The second-order valence-corrected chi connectivity index (χ2v) is 6.35. The summed E-state index contributed by atoms with van der Waals surface area (Å²) in [6.07, 6.45) is 1.86. The molecule has 0 saturated carbocycles. The Balaban J connectivity index is 2.41. The standard InChI is InChI=1S/C18H20N2O4S/c1-12(14-7-5-6-8-17(14)24-3)19(2)18(21)15-11-13(25-4)9-10-16(15)20(22)23/h5-12H,1-4H3. The van der Waals surface area contributed by atoms with Crippen LogP contribution in [0.5, 0.6) is 5.75 Å². The van der Waals surface area contributed by atoms with Gasteiger partial charge in [0.1, 0.15) is 11.3 Å². The molecule has 1 amide bonds. The van der Waals surface area contributed by atoms with Gasteiger partial charge in [-0.15, -0.1) is 11.8 Å². The first kappa shape index (κ1) is 18.8. The zero-order valence-electron chi connectivity index (χ0n) is 14.6. The molecule has 0 N–H and O–H groups in total. The highest BCUT2D eigenvalue weighted by molar-refractivity contribution is 7.98. The fourth-order valence-corrected chi connectivity index (χ4v) is 3.00. The third-order valence-electron chi connectivity index (χ3n) is 4.12.